The SMILES string of the molecule is C=C/C(=C\C=C/C)C(C)=O.CCC1=CC=C(N2CCC(C)C2)CC(C)=C1.Cc1ccc(F)cc1. The molecule has 0 saturated carbocycles. The largest absolute Gasteiger partial charge is 0.374 e. The fourth-order valence-corrected chi connectivity index (χ4v) is 3.66. The smallest absolute Gasteiger partial charge is 0.159 e. The molecule has 1 heterocycles. The number of likely N-dealkylation sites (tertiary alicyclic amines) is 1. The van der Waals surface area contributed by atoms with Gasteiger partial charge in [0.05, 0.1) is 0 Å². The van der Waals surface area contributed by atoms with Crippen molar-refractivity contribution in [3.05, 3.63) is 107 Å². The van der Waals surface area contributed by atoms with Gasteiger partial charge in [-0.2, -0.15) is 0 Å². The highest BCUT2D eigenvalue weighted by molar-refractivity contribution is 5.96. The molecular weight excluding hydrogens is 421 g/mol. The minimum atomic E-state index is -0.171. The van der Waals surface area contributed by atoms with Crippen LogP contribution in [0.4, 0.5) is 4.39 Å². The van der Waals surface area contributed by atoms with Crippen molar-refractivity contribution in [3.63, 3.8) is 0 Å². The molecule has 0 radical (unpaired) electrons. The number of allylic oxidation sites excluding steroid dienone is 10. The lowest BCUT2D eigenvalue weighted by Crippen LogP contribution is -2.19. The van der Waals surface area contributed by atoms with E-state index in [0.717, 1.165) is 24.3 Å². The van der Waals surface area contributed by atoms with Crippen LogP contribution in [0.1, 0.15) is 59.4 Å². The van der Waals surface area contributed by atoms with Gasteiger partial charge < -0.3 is 4.90 Å². The number of ketones is 1. The van der Waals surface area contributed by atoms with Gasteiger partial charge in [0.2, 0.25) is 0 Å². The molecule has 1 fully saturated rings. The molecule has 0 spiro atoms. The monoisotopic (exact) mass is 463 g/mol. The minimum absolute atomic E-state index is 0.0492. The van der Waals surface area contributed by atoms with Crippen molar-refractivity contribution in [3.8, 4) is 0 Å². The summed E-state index contributed by atoms with van der Waals surface area (Å²) in [5.74, 6) is 0.742. The second-order valence-electron chi connectivity index (χ2n) is 8.96. The number of halogens is 1. The van der Waals surface area contributed by atoms with Gasteiger partial charge in [-0.3, -0.25) is 4.79 Å². The molecule has 184 valence electrons. The second-order valence-corrected chi connectivity index (χ2v) is 8.96. The third-order valence-corrected chi connectivity index (χ3v) is 5.73. The lowest BCUT2D eigenvalue weighted by atomic mass is 10.1. The van der Waals surface area contributed by atoms with Crippen LogP contribution in [0.2, 0.25) is 0 Å². The predicted octanol–water partition coefficient (Wildman–Crippen LogP) is 8.30. The van der Waals surface area contributed by atoms with Crippen LogP contribution in [-0.2, 0) is 4.79 Å². The summed E-state index contributed by atoms with van der Waals surface area (Å²) in [4.78, 5) is 13.3. The Kier molecular flexibility index (Phi) is 13.5. The fourth-order valence-electron chi connectivity index (χ4n) is 3.66. The van der Waals surface area contributed by atoms with E-state index in [1.165, 1.54) is 55.4 Å². The predicted molar refractivity (Wildman–Crippen MR) is 145 cm³/mol. The van der Waals surface area contributed by atoms with Crippen molar-refractivity contribution in [1.29, 1.82) is 0 Å². The van der Waals surface area contributed by atoms with Gasteiger partial charge >= 0.3 is 0 Å². The molecule has 0 aromatic heterocycles. The number of hydrogen-bond donors (Lipinski definition) is 0. The van der Waals surface area contributed by atoms with Gasteiger partial charge in [0, 0.05) is 30.8 Å². The maximum atomic E-state index is 12.1. The van der Waals surface area contributed by atoms with Gasteiger partial charge in [0.25, 0.3) is 0 Å². The summed E-state index contributed by atoms with van der Waals surface area (Å²) in [6, 6.07) is 6.40. The molecular formula is C31H42FNO. The fraction of sp³-hybridized carbons (Fsp3) is 0.387. The summed E-state index contributed by atoms with van der Waals surface area (Å²) < 4.78 is 12.1. The zero-order valence-electron chi connectivity index (χ0n) is 21.9. The summed E-state index contributed by atoms with van der Waals surface area (Å²) in [7, 11) is 0. The Bertz CT molecular complexity index is 923. The van der Waals surface area contributed by atoms with E-state index in [9.17, 15) is 9.18 Å². The van der Waals surface area contributed by atoms with E-state index in [2.05, 4.69) is 50.5 Å². The standard InChI is InChI=1S/C15H23N.C9H12O.C7H7F/c1-4-14-5-6-15(10-13(3)9-14)16-8-7-12(2)11-16;1-4-6-7-9(5-2)8(3)10;1-6-2-4-7(8)5-3-6/h5-6,9,12H,4,7-8,10-11H2,1-3H3;4-7H,2H2,1,3H3;2-5H,1H3/b;6-4-,9-7+;. The Morgan fingerprint density at radius 2 is 1.88 bits per heavy atom. The average Bonchev–Trinajstić information content (AvgIpc) is 3.15. The van der Waals surface area contributed by atoms with Crippen molar-refractivity contribution in [2.75, 3.05) is 13.1 Å². The average molecular weight is 464 g/mol. The number of hydrogen-bond acceptors (Lipinski definition) is 2. The van der Waals surface area contributed by atoms with Crippen molar-refractivity contribution in [1.82, 2.24) is 4.90 Å². The minimum Gasteiger partial charge on any atom is -0.374 e. The van der Waals surface area contributed by atoms with Crippen LogP contribution in [0.15, 0.2) is 95.8 Å². The number of rotatable bonds is 5. The lowest BCUT2D eigenvalue weighted by molar-refractivity contribution is -0.113. The zero-order valence-corrected chi connectivity index (χ0v) is 21.9. The molecule has 2 aliphatic rings. The zero-order chi connectivity index (χ0) is 25.5. The number of carbonyl (C=O) groups is 1. The van der Waals surface area contributed by atoms with Crippen LogP contribution in [-0.4, -0.2) is 23.8 Å². The van der Waals surface area contributed by atoms with E-state index >= 15 is 0 Å². The van der Waals surface area contributed by atoms with Gasteiger partial charge in [-0.1, -0.05) is 80.2 Å². The number of benzene rings is 1. The first kappa shape index (κ1) is 29.1. The van der Waals surface area contributed by atoms with E-state index in [-0.39, 0.29) is 11.6 Å². The molecule has 1 aliphatic carbocycles. The topological polar surface area (TPSA) is 20.3 Å². The lowest BCUT2D eigenvalue weighted by Gasteiger charge is -2.21. The molecule has 0 bridgehead atoms. The normalized spacial score (nSPS) is 18.0. The Hall–Kier alpha value is -2.94. The molecule has 3 rings (SSSR count). The number of aryl methyl sites for hydroxylation is 1. The van der Waals surface area contributed by atoms with E-state index in [1.807, 2.05) is 26.0 Å². The highest BCUT2D eigenvalue weighted by Gasteiger charge is 2.20. The van der Waals surface area contributed by atoms with Crippen LogP contribution in [0.25, 0.3) is 0 Å². The van der Waals surface area contributed by atoms with Crippen LogP contribution in [0, 0.1) is 18.7 Å². The van der Waals surface area contributed by atoms with Gasteiger partial charge in [-0.15, -0.1) is 0 Å². The second kappa shape index (κ2) is 15.8. The first-order valence-corrected chi connectivity index (χ1v) is 12.2. The highest BCUT2D eigenvalue weighted by Crippen LogP contribution is 2.26. The summed E-state index contributed by atoms with van der Waals surface area (Å²) in [6.07, 6.45) is 17.6. The Morgan fingerprint density at radius 1 is 1.21 bits per heavy atom. The molecule has 2 nitrogen and oxygen atoms in total. The van der Waals surface area contributed by atoms with Crippen molar-refractivity contribution >= 4 is 5.78 Å². The number of Topliss-reactive ketones (excluding diaryl/α,β-unsaturated/α-hetero) is 1. The van der Waals surface area contributed by atoms with Crippen LogP contribution in [0.3, 0.4) is 0 Å². The molecule has 1 atom stereocenters. The highest BCUT2D eigenvalue weighted by atomic mass is 19.1. The molecule has 0 amide bonds. The molecule has 1 saturated heterocycles. The Morgan fingerprint density at radius 3 is 2.35 bits per heavy atom. The molecule has 3 heteroatoms. The quantitative estimate of drug-likeness (QED) is 0.323. The van der Waals surface area contributed by atoms with Gasteiger partial charge in [0.15, 0.2) is 5.78 Å². The third-order valence-electron chi connectivity index (χ3n) is 5.73. The Labute approximate surface area is 207 Å². The molecule has 1 unspecified atom stereocenters. The van der Waals surface area contributed by atoms with Crippen LogP contribution < -0.4 is 0 Å². The van der Waals surface area contributed by atoms with E-state index < -0.39 is 0 Å². The number of carbonyl (C=O) groups excluding carboxylic acids is 1. The van der Waals surface area contributed by atoms with Crippen molar-refractivity contribution < 1.29 is 9.18 Å². The van der Waals surface area contributed by atoms with Crippen LogP contribution >= 0.6 is 0 Å². The number of nitrogens with zero attached hydrogens (tertiary/aromatic N) is 1. The van der Waals surface area contributed by atoms with Gasteiger partial charge in [0.1, 0.15) is 5.82 Å². The Balaban J connectivity index is 0.000000277. The van der Waals surface area contributed by atoms with E-state index in [4.69, 9.17) is 0 Å². The van der Waals surface area contributed by atoms with Gasteiger partial charge in [-0.05, 0) is 70.2 Å². The molecule has 1 aromatic carbocycles. The molecule has 1 aliphatic heterocycles. The van der Waals surface area contributed by atoms with Crippen LogP contribution in [0.5, 0.6) is 0 Å². The molecule has 0 N–H and O–H groups in total. The summed E-state index contributed by atoms with van der Waals surface area (Å²) >= 11 is 0. The van der Waals surface area contributed by atoms with Crippen molar-refractivity contribution in [2.24, 2.45) is 5.92 Å². The maximum Gasteiger partial charge on any atom is 0.159 e. The first-order chi connectivity index (χ1) is 16.2. The first-order valence-electron chi connectivity index (χ1n) is 12.2. The summed E-state index contributed by atoms with van der Waals surface area (Å²) in [5, 5.41) is 0. The summed E-state index contributed by atoms with van der Waals surface area (Å²) in [5.41, 5.74) is 6.21. The molecule has 1 aromatic rings. The van der Waals surface area contributed by atoms with E-state index in [1.54, 1.807) is 24.3 Å². The van der Waals surface area contributed by atoms with Crippen molar-refractivity contribution in [2.45, 2.75) is 60.8 Å². The maximum absolute atomic E-state index is 12.1. The van der Waals surface area contributed by atoms with Gasteiger partial charge in [-0.25, -0.2) is 4.39 Å². The third kappa shape index (κ3) is 11.3. The summed E-state index contributed by atoms with van der Waals surface area (Å²) in [6.45, 7) is 18.2. The van der Waals surface area contributed by atoms with E-state index in [0.29, 0.717) is 5.57 Å². The molecule has 34 heavy (non-hydrogen) atoms.